The normalized spacial score (nSPS) is 26.6. The lowest BCUT2D eigenvalue weighted by Crippen LogP contribution is -2.44. The van der Waals surface area contributed by atoms with Gasteiger partial charge in [0.1, 0.15) is 0 Å². The summed E-state index contributed by atoms with van der Waals surface area (Å²) in [6.07, 6.45) is 7.23. The second kappa shape index (κ2) is 8.40. The van der Waals surface area contributed by atoms with Gasteiger partial charge in [-0.05, 0) is 56.1 Å². The molecule has 2 atom stereocenters. The van der Waals surface area contributed by atoms with Crippen LogP contribution in [0.5, 0.6) is 0 Å². The van der Waals surface area contributed by atoms with Crippen molar-refractivity contribution in [2.24, 2.45) is 5.92 Å². The monoisotopic (exact) mass is 377 g/mol. The first-order chi connectivity index (χ1) is 12.2. The first-order valence-corrected chi connectivity index (χ1v) is 9.60. The number of nitrogens with one attached hydrogen (secondary N) is 2. The number of benzene rings is 1. The molecule has 1 aromatic rings. The van der Waals surface area contributed by atoms with Crippen molar-refractivity contribution in [1.82, 2.24) is 10.6 Å². The average molecular weight is 378 g/mol. The second-order valence-electron chi connectivity index (χ2n) is 7.73. The maximum atomic E-state index is 12.6. The van der Waals surface area contributed by atoms with E-state index in [0.29, 0.717) is 24.4 Å². The van der Waals surface area contributed by atoms with Gasteiger partial charge < -0.3 is 15.5 Å². The summed E-state index contributed by atoms with van der Waals surface area (Å²) in [6, 6.07) is 9.26. The number of carbonyl (C=O) groups excluding carboxylic acids is 2. The zero-order chi connectivity index (χ0) is 17.2. The van der Waals surface area contributed by atoms with Gasteiger partial charge in [0.05, 0.1) is 6.54 Å². The molecule has 0 spiro atoms. The zero-order valence-corrected chi connectivity index (χ0v) is 15.9. The molecule has 26 heavy (non-hydrogen) atoms. The van der Waals surface area contributed by atoms with Crippen LogP contribution in [0.15, 0.2) is 24.3 Å². The van der Waals surface area contributed by atoms with Crippen molar-refractivity contribution in [1.29, 1.82) is 0 Å². The first-order valence-electron chi connectivity index (χ1n) is 9.60. The fourth-order valence-corrected chi connectivity index (χ4v) is 4.74. The van der Waals surface area contributed by atoms with Gasteiger partial charge in [0, 0.05) is 30.7 Å². The third-order valence-electron chi connectivity index (χ3n) is 5.89. The summed E-state index contributed by atoms with van der Waals surface area (Å²) in [7, 11) is 0. The van der Waals surface area contributed by atoms with Crippen LogP contribution in [0.25, 0.3) is 0 Å². The van der Waals surface area contributed by atoms with E-state index in [1.807, 2.05) is 23.1 Å². The van der Waals surface area contributed by atoms with E-state index >= 15 is 0 Å². The Kier molecular flexibility index (Phi) is 6.20. The summed E-state index contributed by atoms with van der Waals surface area (Å²) in [6.45, 7) is 0.842. The third kappa shape index (κ3) is 4.21. The lowest BCUT2D eigenvalue weighted by molar-refractivity contribution is -0.125. The van der Waals surface area contributed by atoms with Crippen LogP contribution in [0.3, 0.4) is 0 Å². The molecular weight excluding hydrogens is 350 g/mol. The van der Waals surface area contributed by atoms with Crippen molar-refractivity contribution in [3.63, 3.8) is 0 Å². The van der Waals surface area contributed by atoms with Crippen molar-refractivity contribution in [3.8, 4) is 0 Å². The van der Waals surface area contributed by atoms with E-state index in [0.717, 1.165) is 37.9 Å². The number of hydrogen-bond donors (Lipinski definition) is 2. The van der Waals surface area contributed by atoms with Crippen molar-refractivity contribution in [2.75, 3.05) is 18.0 Å². The molecule has 6 heteroatoms. The van der Waals surface area contributed by atoms with Crippen LogP contribution < -0.4 is 15.5 Å². The molecule has 2 amide bonds. The number of carbonyl (C=O) groups is 2. The molecule has 2 saturated heterocycles. The Hall–Kier alpha value is -1.59. The standard InChI is InChI=1S/C20H27N3O2.ClH/c24-19(12-14-10-16-7-8-17(11-14)22-16)21-13-20(25)23-9-3-5-15-4-1-2-6-18(15)23;/h1-2,4,6,14,16-17,22H,3,5,7-13H2,(H,21,24);1H. The molecule has 4 rings (SSSR count). The van der Waals surface area contributed by atoms with Crippen LogP contribution in [-0.2, 0) is 16.0 Å². The van der Waals surface area contributed by atoms with Crippen molar-refractivity contribution >= 4 is 29.9 Å². The number of halogens is 1. The molecule has 1 aromatic carbocycles. The van der Waals surface area contributed by atoms with Gasteiger partial charge >= 0.3 is 0 Å². The van der Waals surface area contributed by atoms with Crippen molar-refractivity contribution in [3.05, 3.63) is 29.8 Å². The molecule has 3 aliphatic rings. The summed E-state index contributed by atoms with van der Waals surface area (Å²) < 4.78 is 0. The van der Waals surface area contributed by atoms with E-state index < -0.39 is 0 Å². The van der Waals surface area contributed by atoms with Crippen molar-refractivity contribution < 1.29 is 9.59 Å². The van der Waals surface area contributed by atoms with Gasteiger partial charge in [0.15, 0.2) is 0 Å². The average Bonchev–Trinajstić information content (AvgIpc) is 2.97. The van der Waals surface area contributed by atoms with Crippen LogP contribution in [-0.4, -0.2) is 37.0 Å². The van der Waals surface area contributed by atoms with Gasteiger partial charge in [-0.3, -0.25) is 9.59 Å². The van der Waals surface area contributed by atoms with E-state index in [2.05, 4.69) is 16.7 Å². The Bertz CT molecular complexity index is 654. The molecule has 3 heterocycles. The maximum Gasteiger partial charge on any atom is 0.246 e. The first kappa shape index (κ1) is 19.2. The summed E-state index contributed by atoms with van der Waals surface area (Å²) in [4.78, 5) is 26.7. The quantitative estimate of drug-likeness (QED) is 0.847. The lowest BCUT2D eigenvalue weighted by Gasteiger charge is -2.30. The number of anilines is 1. The number of para-hydroxylation sites is 1. The molecule has 3 aliphatic heterocycles. The number of aryl methyl sites for hydroxylation is 1. The van der Waals surface area contributed by atoms with Crippen LogP contribution in [0.1, 0.15) is 44.1 Å². The fourth-order valence-electron chi connectivity index (χ4n) is 4.74. The molecule has 2 fully saturated rings. The predicted octanol–water partition coefficient (Wildman–Crippen LogP) is 2.42. The molecule has 0 aromatic heterocycles. The number of piperidine rings is 1. The molecule has 2 bridgehead atoms. The Balaban J connectivity index is 0.00000196. The van der Waals surface area contributed by atoms with Crippen LogP contribution >= 0.6 is 12.4 Å². The fraction of sp³-hybridized carbons (Fsp3) is 0.600. The zero-order valence-electron chi connectivity index (χ0n) is 15.1. The van der Waals surface area contributed by atoms with E-state index in [1.54, 1.807) is 0 Å². The predicted molar refractivity (Wildman–Crippen MR) is 105 cm³/mol. The van der Waals surface area contributed by atoms with Crippen LogP contribution in [0, 0.1) is 5.92 Å². The number of rotatable bonds is 4. The number of hydrogen-bond acceptors (Lipinski definition) is 3. The van der Waals surface area contributed by atoms with Gasteiger partial charge in [0.25, 0.3) is 0 Å². The largest absolute Gasteiger partial charge is 0.347 e. The van der Waals surface area contributed by atoms with Gasteiger partial charge in [-0.25, -0.2) is 0 Å². The Labute approximate surface area is 161 Å². The summed E-state index contributed by atoms with van der Waals surface area (Å²) >= 11 is 0. The molecule has 2 N–H and O–H groups in total. The molecule has 2 unspecified atom stereocenters. The van der Waals surface area contributed by atoms with Crippen molar-refractivity contribution in [2.45, 2.75) is 57.0 Å². The molecular formula is C20H28ClN3O2. The van der Waals surface area contributed by atoms with E-state index in [1.165, 1.54) is 18.4 Å². The van der Waals surface area contributed by atoms with E-state index in [-0.39, 0.29) is 30.8 Å². The molecule has 0 saturated carbocycles. The minimum absolute atomic E-state index is 0. The SMILES string of the molecule is Cl.O=C(CC1CC2CCC(C1)N2)NCC(=O)N1CCCc2ccccc21. The molecule has 0 radical (unpaired) electrons. The second-order valence-corrected chi connectivity index (χ2v) is 7.73. The third-order valence-corrected chi connectivity index (χ3v) is 5.89. The highest BCUT2D eigenvalue weighted by Crippen LogP contribution is 2.32. The minimum Gasteiger partial charge on any atom is -0.347 e. The summed E-state index contributed by atoms with van der Waals surface area (Å²) in [5, 5.41) is 6.46. The van der Waals surface area contributed by atoms with Crippen LogP contribution in [0.4, 0.5) is 5.69 Å². The van der Waals surface area contributed by atoms with Gasteiger partial charge in [-0.1, -0.05) is 18.2 Å². The molecule has 0 aliphatic carbocycles. The molecule has 142 valence electrons. The number of fused-ring (bicyclic) bond motifs is 3. The summed E-state index contributed by atoms with van der Waals surface area (Å²) in [5.74, 6) is 0.473. The smallest absolute Gasteiger partial charge is 0.246 e. The van der Waals surface area contributed by atoms with Gasteiger partial charge in [0.2, 0.25) is 11.8 Å². The highest BCUT2D eigenvalue weighted by atomic mass is 35.5. The molecule has 5 nitrogen and oxygen atoms in total. The number of amides is 2. The summed E-state index contributed by atoms with van der Waals surface area (Å²) in [5.41, 5.74) is 2.22. The minimum atomic E-state index is -0.00844. The van der Waals surface area contributed by atoms with Gasteiger partial charge in [-0.2, -0.15) is 0 Å². The highest BCUT2D eigenvalue weighted by Gasteiger charge is 2.34. The van der Waals surface area contributed by atoms with E-state index in [4.69, 9.17) is 0 Å². The maximum absolute atomic E-state index is 12.6. The topological polar surface area (TPSA) is 61.4 Å². The van der Waals surface area contributed by atoms with Crippen LogP contribution in [0.2, 0.25) is 0 Å². The lowest BCUT2D eigenvalue weighted by atomic mass is 9.89. The Morgan fingerprint density at radius 3 is 2.65 bits per heavy atom. The Morgan fingerprint density at radius 2 is 1.88 bits per heavy atom. The van der Waals surface area contributed by atoms with E-state index in [9.17, 15) is 9.59 Å². The highest BCUT2D eigenvalue weighted by molar-refractivity contribution is 5.97. The van der Waals surface area contributed by atoms with Gasteiger partial charge in [-0.15, -0.1) is 12.4 Å². The number of nitrogens with zero attached hydrogens (tertiary/aromatic N) is 1. The Morgan fingerprint density at radius 1 is 1.15 bits per heavy atom.